The van der Waals surface area contributed by atoms with E-state index in [4.69, 9.17) is 4.74 Å². The van der Waals surface area contributed by atoms with Gasteiger partial charge in [0.1, 0.15) is 6.04 Å². The van der Waals surface area contributed by atoms with Crippen LogP contribution < -0.4 is 5.32 Å². The van der Waals surface area contributed by atoms with Gasteiger partial charge in [0.15, 0.2) is 0 Å². The summed E-state index contributed by atoms with van der Waals surface area (Å²) in [4.78, 5) is 28.0. The average Bonchev–Trinajstić information content (AvgIpc) is 2.92. The normalized spacial score (nSPS) is 17.5. The van der Waals surface area contributed by atoms with Crippen molar-refractivity contribution in [3.05, 3.63) is 41.6 Å². The fourth-order valence-electron chi connectivity index (χ4n) is 2.60. The van der Waals surface area contributed by atoms with Gasteiger partial charge >= 0.3 is 5.97 Å². The lowest BCUT2D eigenvalue weighted by Gasteiger charge is -2.09. The number of aryl methyl sites for hydroxylation is 1. The number of cyclic esters (lactones) is 1. The number of benzene rings is 1. The maximum Gasteiger partial charge on any atom is 0.328 e. The lowest BCUT2D eigenvalue weighted by molar-refractivity contribution is -0.139. The fraction of sp³-hybridized carbons (Fsp3) is 0.353. The molecule has 2 heterocycles. The van der Waals surface area contributed by atoms with E-state index in [9.17, 15) is 9.59 Å². The minimum absolute atomic E-state index is 0.295. The van der Waals surface area contributed by atoms with Gasteiger partial charge in [-0.3, -0.25) is 9.78 Å². The van der Waals surface area contributed by atoms with Crippen molar-refractivity contribution >= 4 is 22.8 Å². The number of nitrogens with zero attached hydrogens (tertiary/aromatic N) is 1. The molecule has 1 aromatic heterocycles. The van der Waals surface area contributed by atoms with Crippen molar-refractivity contribution < 1.29 is 14.3 Å². The standard InChI is InChI=1S/C17H18N2O3/c1-2-3-11-4-5-12-9-13(10-18-15(12)8-11)16(20)19-14-6-7-22-17(14)21/h4-5,8-10,14H,2-3,6-7H2,1H3,(H,19,20). The van der Waals surface area contributed by atoms with Crippen LogP contribution in [0.3, 0.4) is 0 Å². The lowest BCUT2D eigenvalue weighted by atomic mass is 10.1. The molecule has 114 valence electrons. The van der Waals surface area contributed by atoms with E-state index in [1.54, 1.807) is 12.3 Å². The van der Waals surface area contributed by atoms with Crippen LogP contribution in [0.25, 0.3) is 10.9 Å². The zero-order valence-electron chi connectivity index (χ0n) is 12.5. The Morgan fingerprint density at radius 3 is 3.00 bits per heavy atom. The number of aromatic nitrogens is 1. The third-order valence-electron chi connectivity index (χ3n) is 3.79. The molecule has 1 N–H and O–H groups in total. The first-order valence-electron chi connectivity index (χ1n) is 7.53. The van der Waals surface area contributed by atoms with Gasteiger partial charge in [-0.2, -0.15) is 0 Å². The van der Waals surface area contributed by atoms with E-state index < -0.39 is 6.04 Å². The molecule has 5 nitrogen and oxygen atoms in total. The quantitative estimate of drug-likeness (QED) is 0.879. The minimum atomic E-state index is -0.546. The summed E-state index contributed by atoms with van der Waals surface area (Å²) in [5, 5.41) is 3.61. The highest BCUT2D eigenvalue weighted by Crippen LogP contribution is 2.17. The SMILES string of the molecule is CCCc1ccc2cc(C(=O)NC3CCOC3=O)cnc2c1. The molecular formula is C17H18N2O3. The van der Waals surface area contributed by atoms with Gasteiger partial charge in [0.2, 0.25) is 0 Å². The molecule has 2 aromatic rings. The van der Waals surface area contributed by atoms with Crippen LogP contribution in [-0.4, -0.2) is 29.5 Å². The molecule has 0 spiro atoms. The number of ether oxygens (including phenoxy) is 1. The van der Waals surface area contributed by atoms with E-state index in [-0.39, 0.29) is 11.9 Å². The molecule has 1 aliphatic rings. The topological polar surface area (TPSA) is 68.3 Å². The molecule has 0 saturated carbocycles. The number of hydrogen-bond acceptors (Lipinski definition) is 4. The van der Waals surface area contributed by atoms with Gasteiger partial charge in [0.05, 0.1) is 17.7 Å². The van der Waals surface area contributed by atoms with Gasteiger partial charge in [-0.05, 0) is 24.1 Å². The summed E-state index contributed by atoms with van der Waals surface area (Å²) < 4.78 is 4.84. The van der Waals surface area contributed by atoms with E-state index in [1.165, 1.54) is 5.56 Å². The number of carbonyl (C=O) groups excluding carboxylic acids is 2. The molecule has 1 atom stereocenters. The number of hydrogen-bond donors (Lipinski definition) is 1. The van der Waals surface area contributed by atoms with Crippen molar-refractivity contribution in [2.45, 2.75) is 32.2 Å². The minimum Gasteiger partial charge on any atom is -0.464 e. The third-order valence-corrected chi connectivity index (χ3v) is 3.79. The van der Waals surface area contributed by atoms with Crippen LogP contribution in [0.15, 0.2) is 30.5 Å². The van der Waals surface area contributed by atoms with Gasteiger partial charge < -0.3 is 10.1 Å². The lowest BCUT2D eigenvalue weighted by Crippen LogP contribution is -2.37. The first-order valence-corrected chi connectivity index (χ1v) is 7.53. The van der Waals surface area contributed by atoms with Crippen molar-refractivity contribution in [2.75, 3.05) is 6.61 Å². The Morgan fingerprint density at radius 1 is 1.41 bits per heavy atom. The van der Waals surface area contributed by atoms with Crippen LogP contribution in [0.5, 0.6) is 0 Å². The van der Waals surface area contributed by atoms with E-state index in [2.05, 4.69) is 29.4 Å². The zero-order valence-corrected chi connectivity index (χ0v) is 12.5. The number of esters is 1. The van der Waals surface area contributed by atoms with Crippen LogP contribution in [0.4, 0.5) is 0 Å². The van der Waals surface area contributed by atoms with E-state index in [1.807, 2.05) is 6.07 Å². The van der Waals surface area contributed by atoms with Gasteiger partial charge in [0.25, 0.3) is 5.91 Å². The number of fused-ring (bicyclic) bond motifs is 1. The van der Waals surface area contributed by atoms with Crippen LogP contribution >= 0.6 is 0 Å². The van der Waals surface area contributed by atoms with Gasteiger partial charge in [-0.1, -0.05) is 25.5 Å². The Balaban J connectivity index is 1.80. The highest BCUT2D eigenvalue weighted by atomic mass is 16.5. The largest absolute Gasteiger partial charge is 0.464 e. The molecule has 22 heavy (non-hydrogen) atoms. The summed E-state index contributed by atoms with van der Waals surface area (Å²) in [6.45, 7) is 2.50. The van der Waals surface area contributed by atoms with E-state index in [0.29, 0.717) is 18.6 Å². The Labute approximate surface area is 128 Å². The molecule has 1 unspecified atom stereocenters. The monoisotopic (exact) mass is 298 g/mol. The molecule has 1 aromatic carbocycles. The van der Waals surface area contributed by atoms with Crippen molar-refractivity contribution in [2.24, 2.45) is 0 Å². The van der Waals surface area contributed by atoms with Crippen LogP contribution in [-0.2, 0) is 16.0 Å². The summed E-state index contributed by atoms with van der Waals surface area (Å²) in [7, 11) is 0. The molecule has 5 heteroatoms. The molecular weight excluding hydrogens is 280 g/mol. The molecule has 1 fully saturated rings. The molecule has 3 rings (SSSR count). The second-order valence-electron chi connectivity index (χ2n) is 5.48. The number of pyridine rings is 1. The molecule has 0 bridgehead atoms. The van der Waals surface area contributed by atoms with Crippen LogP contribution in [0.1, 0.15) is 35.7 Å². The van der Waals surface area contributed by atoms with Crippen LogP contribution in [0, 0.1) is 0 Å². The molecule has 0 aliphatic carbocycles. The van der Waals surface area contributed by atoms with Crippen molar-refractivity contribution in [3.63, 3.8) is 0 Å². The van der Waals surface area contributed by atoms with Crippen molar-refractivity contribution in [1.82, 2.24) is 10.3 Å². The van der Waals surface area contributed by atoms with Gasteiger partial charge in [-0.15, -0.1) is 0 Å². The second-order valence-corrected chi connectivity index (χ2v) is 5.48. The van der Waals surface area contributed by atoms with Crippen molar-refractivity contribution in [1.29, 1.82) is 0 Å². The predicted octanol–water partition coefficient (Wildman–Crippen LogP) is 2.23. The van der Waals surface area contributed by atoms with Gasteiger partial charge in [0, 0.05) is 18.0 Å². The third kappa shape index (κ3) is 2.93. The molecule has 1 aliphatic heterocycles. The van der Waals surface area contributed by atoms with Gasteiger partial charge in [-0.25, -0.2) is 4.79 Å². The fourth-order valence-corrected chi connectivity index (χ4v) is 2.60. The van der Waals surface area contributed by atoms with E-state index in [0.717, 1.165) is 23.7 Å². The highest BCUT2D eigenvalue weighted by molar-refractivity contribution is 5.99. The number of rotatable bonds is 4. The zero-order chi connectivity index (χ0) is 15.5. The smallest absolute Gasteiger partial charge is 0.328 e. The predicted molar refractivity (Wildman–Crippen MR) is 82.6 cm³/mol. The summed E-state index contributed by atoms with van der Waals surface area (Å²) in [6, 6.07) is 7.34. The number of amides is 1. The Hall–Kier alpha value is -2.43. The average molecular weight is 298 g/mol. The Bertz CT molecular complexity index is 727. The Morgan fingerprint density at radius 2 is 2.27 bits per heavy atom. The number of nitrogens with one attached hydrogen (secondary N) is 1. The first-order chi connectivity index (χ1) is 10.7. The van der Waals surface area contributed by atoms with Crippen LogP contribution in [0.2, 0.25) is 0 Å². The summed E-state index contributed by atoms with van der Waals surface area (Å²) in [5.74, 6) is -0.665. The first kappa shape index (κ1) is 14.5. The van der Waals surface area contributed by atoms with E-state index >= 15 is 0 Å². The molecule has 1 saturated heterocycles. The summed E-state index contributed by atoms with van der Waals surface area (Å²) in [5.41, 5.74) is 2.58. The summed E-state index contributed by atoms with van der Waals surface area (Å²) >= 11 is 0. The maximum absolute atomic E-state index is 12.2. The Kier molecular flexibility index (Phi) is 4.04. The summed E-state index contributed by atoms with van der Waals surface area (Å²) in [6.07, 6.45) is 4.17. The van der Waals surface area contributed by atoms with Crippen molar-refractivity contribution in [3.8, 4) is 0 Å². The molecule has 1 amide bonds. The maximum atomic E-state index is 12.2. The highest BCUT2D eigenvalue weighted by Gasteiger charge is 2.28. The number of carbonyl (C=O) groups is 2. The molecule has 0 radical (unpaired) electrons. The second kappa shape index (κ2) is 6.13.